The van der Waals surface area contributed by atoms with Crippen LogP contribution in [0.3, 0.4) is 0 Å². The maximum Gasteiger partial charge on any atom is 0.304 e. The van der Waals surface area contributed by atoms with Crippen molar-refractivity contribution >= 4 is 15.8 Å². The van der Waals surface area contributed by atoms with Crippen LogP contribution in [0.2, 0.25) is 0 Å². The highest BCUT2D eigenvalue weighted by Crippen LogP contribution is 2.31. The number of aliphatic carboxylic acids is 1. The Morgan fingerprint density at radius 1 is 1.12 bits per heavy atom. The predicted molar refractivity (Wildman–Crippen MR) is 95.7 cm³/mol. The maximum atomic E-state index is 13.0. The largest absolute Gasteiger partial charge is 0.481 e. The molecule has 1 saturated heterocycles. The highest BCUT2D eigenvalue weighted by Gasteiger charge is 2.29. The van der Waals surface area contributed by atoms with Gasteiger partial charge in [-0.3, -0.25) is 9.69 Å². The molecule has 1 aliphatic rings. The minimum Gasteiger partial charge on any atom is -0.481 e. The van der Waals surface area contributed by atoms with E-state index in [0.29, 0.717) is 31.8 Å². The third-order valence-corrected chi connectivity index (χ3v) is 6.24. The van der Waals surface area contributed by atoms with Gasteiger partial charge in [0.05, 0.1) is 28.9 Å². The lowest BCUT2D eigenvalue weighted by Crippen LogP contribution is -2.39. The highest BCUT2D eigenvalue weighted by atomic mass is 32.2. The number of ether oxygens (including phenoxy) is 1. The van der Waals surface area contributed by atoms with E-state index in [9.17, 15) is 13.2 Å². The second-order valence-corrected chi connectivity index (χ2v) is 8.08. The van der Waals surface area contributed by atoms with Gasteiger partial charge in [0, 0.05) is 25.2 Å². The molecule has 0 saturated carbocycles. The first-order chi connectivity index (χ1) is 12.5. The summed E-state index contributed by atoms with van der Waals surface area (Å²) in [6.45, 7) is 1.96. The highest BCUT2D eigenvalue weighted by molar-refractivity contribution is 7.91. The molecule has 0 aromatic heterocycles. The van der Waals surface area contributed by atoms with E-state index in [-0.39, 0.29) is 16.2 Å². The van der Waals surface area contributed by atoms with Crippen LogP contribution in [-0.2, 0) is 19.4 Å². The first-order valence-electron chi connectivity index (χ1n) is 8.43. The molecule has 1 heterocycles. The van der Waals surface area contributed by atoms with Crippen LogP contribution in [0, 0.1) is 0 Å². The van der Waals surface area contributed by atoms with Crippen molar-refractivity contribution in [2.45, 2.75) is 22.3 Å². The number of hydrogen-bond donors (Lipinski definition) is 1. The van der Waals surface area contributed by atoms with Crippen LogP contribution < -0.4 is 0 Å². The molecule has 6 nitrogen and oxygen atoms in total. The fraction of sp³-hybridized carbons (Fsp3) is 0.316. The van der Waals surface area contributed by atoms with E-state index < -0.39 is 21.9 Å². The summed E-state index contributed by atoms with van der Waals surface area (Å²) in [5.74, 6) is -0.847. The number of carboxylic acids is 1. The molecule has 0 aliphatic carbocycles. The Morgan fingerprint density at radius 3 is 2.54 bits per heavy atom. The van der Waals surface area contributed by atoms with Gasteiger partial charge in [-0.1, -0.05) is 36.4 Å². The van der Waals surface area contributed by atoms with Gasteiger partial charge in [-0.2, -0.15) is 0 Å². The van der Waals surface area contributed by atoms with E-state index in [1.54, 1.807) is 54.6 Å². The van der Waals surface area contributed by atoms with Gasteiger partial charge in [-0.25, -0.2) is 8.42 Å². The average molecular weight is 375 g/mol. The quantitative estimate of drug-likeness (QED) is 0.834. The molecular weight excluding hydrogens is 354 g/mol. The summed E-state index contributed by atoms with van der Waals surface area (Å²) < 4.78 is 31.9. The van der Waals surface area contributed by atoms with E-state index >= 15 is 0 Å². The number of benzene rings is 2. The van der Waals surface area contributed by atoms with E-state index in [0.717, 1.165) is 0 Å². The number of morpholine rings is 1. The van der Waals surface area contributed by atoms with E-state index in [4.69, 9.17) is 9.84 Å². The van der Waals surface area contributed by atoms with Crippen LogP contribution in [-0.4, -0.2) is 50.6 Å². The third kappa shape index (κ3) is 4.12. The molecule has 0 radical (unpaired) electrons. The number of carbonyl (C=O) groups is 1. The Morgan fingerprint density at radius 2 is 1.81 bits per heavy atom. The number of sulfone groups is 1. The zero-order valence-electron chi connectivity index (χ0n) is 14.2. The number of rotatable bonds is 6. The molecule has 3 rings (SSSR count). The van der Waals surface area contributed by atoms with Crippen molar-refractivity contribution in [2.75, 3.05) is 26.2 Å². The summed E-state index contributed by atoms with van der Waals surface area (Å²) in [5, 5.41) is 8.87. The van der Waals surface area contributed by atoms with E-state index in [1.165, 1.54) is 0 Å². The summed E-state index contributed by atoms with van der Waals surface area (Å²) in [7, 11) is -3.65. The molecule has 0 spiro atoms. The third-order valence-electron chi connectivity index (χ3n) is 4.40. The summed E-state index contributed by atoms with van der Waals surface area (Å²) in [5.41, 5.74) is 0.608. The molecule has 138 valence electrons. The van der Waals surface area contributed by atoms with Gasteiger partial charge in [-0.15, -0.1) is 0 Å². The fourth-order valence-corrected chi connectivity index (χ4v) is 4.60. The Labute approximate surface area is 152 Å². The first kappa shape index (κ1) is 18.6. The summed E-state index contributed by atoms with van der Waals surface area (Å²) in [6, 6.07) is 15.2. The van der Waals surface area contributed by atoms with Crippen LogP contribution in [0.1, 0.15) is 18.1 Å². The van der Waals surface area contributed by atoms with Crippen molar-refractivity contribution in [1.82, 2.24) is 4.90 Å². The number of nitrogens with zero attached hydrogens (tertiary/aromatic N) is 1. The fourth-order valence-electron chi connectivity index (χ4n) is 3.07. The summed E-state index contributed by atoms with van der Waals surface area (Å²) in [6.07, 6.45) is -0.358. The molecule has 1 fully saturated rings. The van der Waals surface area contributed by atoms with Crippen LogP contribution in [0.5, 0.6) is 0 Å². The SMILES string of the molecule is O=C(O)CCN1CCOC(c2ccccc2S(=O)(=O)c2ccccc2)C1. The van der Waals surface area contributed by atoms with Gasteiger partial charge < -0.3 is 9.84 Å². The zero-order chi connectivity index (χ0) is 18.6. The monoisotopic (exact) mass is 375 g/mol. The minimum atomic E-state index is -3.65. The molecule has 1 atom stereocenters. The second kappa shape index (κ2) is 7.99. The van der Waals surface area contributed by atoms with E-state index in [1.807, 2.05) is 4.90 Å². The molecule has 7 heteroatoms. The van der Waals surface area contributed by atoms with Crippen molar-refractivity contribution in [1.29, 1.82) is 0 Å². The Hall–Kier alpha value is -2.22. The van der Waals surface area contributed by atoms with Gasteiger partial charge in [0.25, 0.3) is 0 Å². The Bertz CT molecular complexity index is 867. The van der Waals surface area contributed by atoms with Crippen molar-refractivity contribution < 1.29 is 23.1 Å². The van der Waals surface area contributed by atoms with Crippen LogP contribution in [0.25, 0.3) is 0 Å². The van der Waals surface area contributed by atoms with Crippen LogP contribution in [0.4, 0.5) is 0 Å². The number of hydrogen-bond acceptors (Lipinski definition) is 5. The summed E-state index contributed by atoms with van der Waals surface area (Å²) in [4.78, 5) is 13.3. The molecule has 1 N–H and O–H groups in total. The Balaban J connectivity index is 1.89. The van der Waals surface area contributed by atoms with E-state index in [2.05, 4.69) is 0 Å². The molecule has 1 unspecified atom stereocenters. The normalized spacial score (nSPS) is 18.5. The molecular formula is C19H21NO5S. The van der Waals surface area contributed by atoms with Crippen molar-refractivity contribution in [2.24, 2.45) is 0 Å². The van der Waals surface area contributed by atoms with Gasteiger partial charge >= 0.3 is 5.97 Å². The molecule has 0 bridgehead atoms. The number of carboxylic acid groups (broad SMARTS) is 1. The average Bonchev–Trinajstić information content (AvgIpc) is 2.67. The van der Waals surface area contributed by atoms with Crippen LogP contribution >= 0.6 is 0 Å². The smallest absolute Gasteiger partial charge is 0.304 e. The van der Waals surface area contributed by atoms with Crippen LogP contribution in [0.15, 0.2) is 64.4 Å². The minimum absolute atomic E-state index is 0.0523. The molecule has 1 aliphatic heterocycles. The topological polar surface area (TPSA) is 83.9 Å². The first-order valence-corrected chi connectivity index (χ1v) is 9.91. The molecule has 2 aromatic rings. The molecule has 2 aromatic carbocycles. The van der Waals surface area contributed by atoms with Gasteiger partial charge in [0.2, 0.25) is 9.84 Å². The lowest BCUT2D eigenvalue weighted by molar-refractivity contribution is -0.137. The standard InChI is InChI=1S/C19H21NO5S/c21-19(22)10-11-20-12-13-25-17(14-20)16-8-4-5-9-18(16)26(23,24)15-6-2-1-3-7-15/h1-9,17H,10-14H2,(H,21,22). The maximum absolute atomic E-state index is 13.0. The molecule has 26 heavy (non-hydrogen) atoms. The second-order valence-electron chi connectivity index (χ2n) is 6.16. The lowest BCUT2D eigenvalue weighted by Gasteiger charge is -2.33. The van der Waals surface area contributed by atoms with Crippen molar-refractivity contribution in [3.63, 3.8) is 0 Å². The molecule has 0 amide bonds. The van der Waals surface area contributed by atoms with Gasteiger partial charge in [-0.05, 0) is 18.2 Å². The lowest BCUT2D eigenvalue weighted by atomic mass is 10.1. The predicted octanol–water partition coefficient (Wildman–Crippen LogP) is 2.37. The van der Waals surface area contributed by atoms with Crippen molar-refractivity contribution in [3.05, 3.63) is 60.2 Å². The summed E-state index contributed by atoms with van der Waals surface area (Å²) >= 11 is 0. The zero-order valence-corrected chi connectivity index (χ0v) is 15.1. The van der Waals surface area contributed by atoms with Crippen molar-refractivity contribution in [3.8, 4) is 0 Å². The van der Waals surface area contributed by atoms with Gasteiger partial charge in [0.1, 0.15) is 0 Å². The Kier molecular flexibility index (Phi) is 5.70. The van der Waals surface area contributed by atoms with Gasteiger partial charge in [0.15, 0.2) is 0 Å².